The topological polar surface area (TPSA) is 229 Å². The van der Waals surface area contributed by atoms with Crippen molar-refractivity contribution in [2.24, 2.45) is 0 Å². The van der Waals surface area contributed by atoms with E-state index in [0.717, 1.165) is 6.07 Å². The van der Waals surface area contributed by atoms with E-state index in [4.69, 9.17) is 23.4 Å². The second-order valence-corrected chi connectivity index (χ2v) is 9.98. The van der Waals surface area contributed by atoms with Crippen LogP contribution in [0.25, 0.3) is 22.3 Å². The van der Waals surface area contributed by atoms with Crippen LogP contribution in [-0.2, 0) is 14.2 Å². The Balaban J connectivity index is 1.35. The fourth-order valence-electron chi connectivity index (χ4n) is 4.71. The second kappa shape index (κ2) is 11.5. The molecule has 2 aromatic carbocycles. The van der Waals surface area contributed by atoms with Crippen molar-refractivity contribution >= 4 is 11.0 Å². The molecule has 2 aliphatic rings. The van der Waals surface area contributed by atoms with Gasteiger partial charge in [0.15, 0.2) is 11.7 Å². The van der Waals surface area contributed by atoms with Gasteiger partial charge < -0.3 is 64.2 Å². The van der Waals surface area contributed by atoms with Crippen LogP contribution in [0.1, 0.15) is 6.92 Å². The summed E-state index contributed by atoms with van der Waals surface area (Å²) in [4.78, 5) is 12.7. The molecule has 2 fully saturated rings. The zero-order valence-electron chi connectivity index (χ0n) is 21.5. The highest BCUT2D eigenvalue weighted by Gasteiger charge is 2.47. The number of fused-ring (bicyclic) bond motifs is 1. The number of aliphatic hydroxyl groups excluding tert-OH is 6. The number of benzene rings is 2. The third-order valence-corrected chi connectivity index (χ3v) is 7.09. The summed E-state index contributed by atoms with van der Waals surface area (Å²) in [6.45, 7) is 0.969. The first kappa shape index (κ1) is 29.2. The number of aromatic hydroxyl groups is 2. The molecule has 2 saturated heterocycles. The van der Waals surface area contributed by atoms with Gasteiger partial charge in [0.05, 0.1) is 12.7 Å². The Morgan fingerprint density at radius 3 is 2.15 bits per heavy atom. The van der Waals surface area contributed by atoms with Crippen LogP contribution < -0.4 is 10.2 Å². The van der Waals surface area contributed by atoms with E-state index in [1.807, 2.05) is 0 Å². The van der Waals surface area contributed by atoms with Crippen LogP contribution in [0.2, 0.25) is 0 Å². The highest BCUT2D eigenvalue weighted by Crippen LogP contribution is 2.34. The van der Waals surface area contributed by atoms with Gasteiger partial charge in [-0.3, -0.25) is 4.79 Å². The van der Waals surface area contributed by atoms with E-state index in [1.54, 1.807) is 0 Å². The molecule has 14 nitrogen and oxygen atoms in total. The lowest BCUT2D eigenvalue weighted by molar-refractivity contribution is -0.318. The lowest BCUT2D eigenvalue weighted by Gasteiger charge is -2.42. The standard InChI is InChI=1S/C27H30O14/c1-10-20(31)22(33)24(35)26(38-10)37-9-18-21(32)23(34)25(36)27(41-18)39-13-6-14(29)19-15(30)8-16(40-17(19)7-13)11-2-4-12(28)5-3-11/h2-8,10,18,20-29,31-36H,9H2,1H3/t10?,18-,20?,21-,22?,23+,24?,25+,26?,27+/m0/s1. The molecule has 222 valence electrons. The van der Waals surface area contributed by atoms with Crippen molar-refractivity contribution in [1.82, 2.24) is 0 Å². The molecule has 0 radical (unpaired) electrons. The number of hydrogen-bond donors (Lipinski definition) is 8. The molecule has 5 rings (SSSR count). The predicted molar refractivity (Wildman–Crippen MR) is 137 cm³/mol. The van der Waals surface area contributed by atoms with Gasteiger partial charge in [0, 0.05) is 23.8 Å². The Bertz CT molecular complexity index is 1420. The van der Waals surface area contributed by atoms with Crippen LogP contribution >= 0.6 is 0 Å². The largest absolute Gasteiger partial charge is 0.508 e. The highest BCUT2D eigenvalue weighted by molar-refractivity contribution is 5.86. The lowest BCUT2D eigenvalue weighted by Crippen LogP contribution is -2.61. The van der Waals surface area contributed by atoms with Crippen molar-refractivity contribution in [2.45, 2.75) is 68.3 Å². The molecule has 0 amide bonds. The van der Waals surface area contributed by atoms with Crippen LogP contribution in [0.5, 0.6) is 17.2 Å². The molecule has 0 aliphatic carbocycles. The first-order valence-electron chi connectivity index (χ1n) is 12.7. The lowest BCUT2D eigenvalue weighted by atomic mass is 9.98. The average Bonchev–Trinajstić information content (AvgIpc) is 2.94. The van der Waals surface area contributed by atoms with E-state index in [9.17, 15) is 45.6 Å². The van der Waals surface area contributed by atoms with Crippen LogP contribution in [0.4, 0.5) is 0 Å². The van der Waals surface area contributed by atoms with Gasteiger partial charge in [-0.1, -0.05) is 0 Å². The zero-order valence-corrected chi connectivity index (χ0v) is 21.5. The minimum Gasteiger partial charge on any atom is -0.508 e. The maximum Gasteiger partial charge on any atom is 0.229 e. The minimum absolute atomic E-state index is 0.0145. The Morgan fingerprint density at radius 2 is 1.44 bits per heavy atom. The van der Waals surface area contributed by atoms with Crippen molar-refractivity contribution < 1.29 is 64.2 Å². The number of ether oxygens (including phenoxy) is 4. The molecule has 3 heterocycles. The van der Waals surface area contributed by atoms with Crippen molar-refractivity contribution in [3.63, 3.8) is 0 Å². The summed E-state index contributed by atoms with van der Waals surface area (Å²) in [5.74, 6) is -0.457. The summed E-state index contributed by atoms with van der Waals surface area (Å²) in [6, 6.07) is 9.40. The summed E-state index contributed by atoms with van der Waals surface area (Å²) in [5.41, 5.74) is -0.149. The normalized spacial score (nSPS) is 34.0. The summed E-state index contributed by atoms with van der Waals surface area (Å²) in [7, 11) is 0. The molecule has 0 saturated carbocycles. The third-order valence-electron chi connectivity index (χ3n) is 7.09. The second-order valence-electron chi connectivity index (χ2n) is 9.98. The maximum absolute atomic E-state index is 12.7. The van der Waals surface area contributed by atoms with Crippen molar-refractivity contribution in [3.05, 3.63) is 52.7 Å². The van der Waals surface area contributed by atoms with E-state index in [-0.39, 0.29) is 28.2 Å². The van der Waals surface area contributed by atoms with E-state index in [2.05, 4.69) is 0 Å². The number of aliphatic hydroxyl groups is 6. The molecule has 0 bridgehead atoms. The molecule has 2 aliphatic heterocycles. The first-order chi connectivity index (χ1) is 19.4. The Labute approximate surface area is 231 Å². The molecule has 5 unspecified atom stereocenters. The fourth-order valence-corrected chi connectivity index (χ4v) is 4.71. The van der Waals surface area contributed by atoms with Crippen molar-refractivity contribution in [3.8, 4) is 28.6 Å². The van der Waals surface area contributed by atoms with Gasteiger partial charge >= 0.3 is 0 Å². The molecule has 1 aromatic heterocycles. The average molecular weight is 579 g/mol. The van der Waals surface area contributed by atoms with Gasteiger partial charge in [0.1, 0.15) is 76.7 Å². The van der Waals surface area contributed by atoms with Gasteiger partial charge in [-0.2, -0.15) is 0 Å². The maximum atomic E-state index is 12.7. The highest BCUT2D eigenvalue weighted by atomic mass is 16.7. The quantitative estimate of drug-likeness (QED) is 0.174. The third kappa shape index (κ3) is 5.74. The predicted octanol–water partition coefficient (Wildman–Crippen LogP) is -1.10. The van der Waals surface area contributed by atoms with Gasteiger partial charge in [-0.25, -0.2) is 0 Å². The number of rotatable bonds is 6. The smallest absolute Gasteiger partial charge is 0.229 e. The van der Waals surface area contributed by atoms with Crippen LogP contribution in [0.15, 0.2) is 51.7 Å². The minimum atomic E-state index is -1.76. The van der Waals surface area contributed by atoms with Crippen LogP contribution in [-0.4, -0.2) is 109 Å². The fraction of sp³-hybridized carbons (Fsp3) is 0.444. The molecule has 41 heavy (non-hydrogen) atoms. The molecule has 8 N–H and O–H groups in total. The Morgan fingerprint density at radius 1 is 0.780 bits per heavy atom. The van der Waals surface area contributed by atoms with Gasteiger partial charge in [-0.15, -0.1) is 0 Å². The van der Waals surface area contributed by atoms with Crippen LogP contribution in [0, 0.1) is 0 Å². The number of phenolic OH excluding ortho intramolecular Hbond substituents is 2. The summed E-state index contributed by atoms with van der Waals surface area (Å²) < 4.78 is 27.9. The van der Waals surface area contributed by atoms with Crippen molar-refractivity contribution in [1.29, 1.82) is 0 Å². The van der Waals surface area contributed by atoms with Gasteiger partial charge in [0.25, 0.3) is 0 Å². The summed E-state index contributed by atoms with van der Waals surface area (Å²) in [5, 5.41) is 81.2. The zero-order chi connectivity index (χ0) is 29.6. The Hall–Kier alpha value is -3.31. The van der Waals surface area contributed by atoms with E-state index >= 15 is 0 Å². The van der Waals surface area contributed by atoms with E-state index in [0.29, 0.717) is 5.56 Å². The number of hydrogen-bond acceptors (Lipinski definition) is 14. The molecule has 3 aromatic rings. The van der Waals surface area contributed by atoms with Crippen LogP contribution in [0.3, 0.4) is 0 Å². The molecular weight excluding hydrogens is 548 g/mol. The van der Waals surface area contributed by atoms with Gasteiger partial charge in [0.2, 0.25) is 6.29 Å². The molecule has 14 heteroatoms. The molecule has 0 spiro atoms. The number of phenols is 2. The first-order valence-corrected chi connectivity index (χ1v) is 12.7. The summed E-state index contributed by atoms with van der Waals surface area (Å²) in [6.07, 6.45) is -14.9. The van der Waals surface area contributed by atoms with Crippen molar-refractivity contribution in [2.75, 3.05) is 6.61 Å². The SMILES string of the molecule is CC1OC(OC[C@@H]2O[C@@H](Oc3cc(O)c4c(=O)cc(-c5ccc(O)cc5)oc4c3)[C@H](O)[C@H](O)[C@H]2O)C(O)C(O)C1O. The molecular formula is C27H30O14. The van der Waals surface area contributed by atoms with E-state index in [1.165, 1.54) is 43.3 Å². The van der Waals surface area contributed by atoms with E-state index < -0.39 is 79.2 Å². The summed E-state index contributed by atoms with van der Waals surface area (Å²) >= 11 is 0. The Kier molecular flexibility index (Phi) is 8.20. The van der Waals surface area contributed by atoms with Gasteiger partial charge in [-0.05, 0) is 31.2 Å². The monoisotopic (exact) mass is 578 g/mol. The molecule has 10 atom stereocenters.